The lowest BCUT2D eigenvalue weighted by Crippen LogP contribution is -2.20. The third kappa shape index (κ3) is 2.59. The molecule has 0 fully saturated rings. The highest BCUT2D eigenvalue weighted by molar-refractivity contribution is 6.30. The molecule has 1 aromatic heterocycles. The molecule has 2 heterocycles. The van der Waals surface area contributed by atoms with E-state index in [2.05, 4.69) is 58.1 Å². The minimum Gasteiger partial charge on any atom is -0.323 e. The van der Waals surface area contributed by atoms with Gasteiger partial charge in [-0.25, -0.2) is 0 Å². The predicted octanol–water partition coefficient (Wildman–Crippen LogP) is 3.69. The van der Waals surface area contributed by atoms with Crippen molar-refractivity contribution in [3.8, 4) is 0 Å². The highest BCUT2D eigenvalue weighted by Crippen LogP contribution is 2.31. The summed E-state index contributed by atoms with van der Waals surface area (Å²) in [6.07, 6.45) is 2.12. The second-order valence-electron chi connectivity index (χ2n) is 5.51. The van der Waals surface area contributed by atoms with Crippen LogP contribution in [0.4, 0.5) is 5.95 Å². The van der Waals surface area contributed by atoms with Crippen molar-refractivity contribution < 1.29 is 0 Å². The molecule has 0 bridgehead atoms. The van der Waals surface area contributed by atoms with Gasteiger partial charge in [0.2, 0.25) is 5.95 Å². The molecule has 1 N–H and O–H groups in total. The lowest BCUT2D eigenvalue weighted by Gasteiger charge is -2.23. The van der Waals surface area contributed by atoms with Crippen molar-refractivity contribution in [2.45, 2.75) is 13.0 Å². The minimum atomic E-state index is -0.0742. The number of rotatable bonds is 2. The summed E-state index contributed by atoms with van der Waals surface area (Å²) < 4.78 is 1.76. The smallest absolute Gasteiger partial charge is 0.248 e. The van der Waals surface area contributed by atoms with Crippen molar-refractivity contribution in [3.05, 3.63) is 76.3 Å². The van der Waals surface area contributed by atoms with Crippen LogP contribution in [-0.4, -0.2) is 20.2 Å². The van der Waals surface area contributed by atoms with Crippen molar-refractivity contribution in [1.82, 2.24) is 20.2 Å². The lowest BCUT2D eigenvalue weighted by molar-refractivity contribution is 0.586. The Bertz CT molecular complexity index is 865. The second kappa shape index (κ2) is 5.52. The Morgan fingerprint density at radius 1 is 1.04 bits per heavy atom. The first kappa shape index (κ1) is 14.0. The molecule has 0 aliphatic carbocycles. The third-order valence-corrected chi connectivity index (χ3v) is 4.15. The SMILES string of the molecule is Cc1ccc(C2=C[C@@H](c3ccc(Cl)cc3)n3nnnc3N2)cc1. The van der Waals surface area contributed by atoms with Crippen LogP contribution >= 0.6 is 11.6 Å². The number of aromatic nitrogens is 4. The zero-order valence-electron chi connectivity index (χ0n) is 12.4. The number of nitrogens with one attached hydrogen (secondary N) is 1. The van der Waals surface area contributed by atoms with Crippen molar-refractivity contribution in [2.75, 3.05) is 5.32 Å². The number of tetrazole rings is 1. The molecule has 3 aromatic rings. The van der Waals surface area contributed by atoms with Crippen molar-refractivity contribution in [3.63, 3.8) is 0 Å². The van der Waals surface area contributed by atoms with E-state index in [0.717, 1.165) is 16.8 Å². The van der Waals surface area contributed by atoms with Gasteiger partial charge in [-0.15, -0.1) is 0 Å². The van der Waals surface area contributed by atoms with Gasteiger partial charge in [-0.05, 0) is 46.7 Å². The summed E-state index contributed by atoms with van der Waals surface area (Å²) in [6.45, 7) is 2.07. The number of nitrogens with zero attached hydrogens (tertiary/aromatic N) is 4. The summed E-state index contributed by atoms with van der Waals surface area (Å²) in [5.41, 5.74) is 4.40. The van der Waals surface area contributed by atoms with E-state index in [0.29, 0.717) is 11.0 Å². The predicted molar refractivity (Wildman–Crippen MR) is 90.2 cm³/mol. The van der Waals surface area contributed by atoms with Gasteiger partial charge in [0.1, 0.15) is 6.04 Å². The molecular weight excluding hydrogens is 310 g/mol. The van der Waals surface area contributed by atoms with Crippen LogP contribution in [0.5, 0.6) is 0 Å². The van der Waals surface area contributed by atoms with E-state index < -0.39 is 0 Å². The number of aryl methyl sites for hydroxylation is 1. The van der Waals surface area contributed by atoms with Crippen molar-refractivity contribution in [2.24, 2.45) is 0 Å². The monoisotopic (exact) mass is 323 g/mol. The largest absolute Gasteiger partial charge is 0.323 e. The van der Waals surface area contributed by atoms with E-state index >= 15 is 0 Å². The average molecular weight is 324 g/mol. The Balaban J connectivity index is 1.79. The van der Waals surface area contributed by atoms with E-state index in [9.17, 15) is 0 Å². The van der Waals surface area contributed by atoms with Crippen LogP contribution in [0.25, 0.3) is 5.70 Å². The second-order valence-corrected chi connectivity index (χ2v) is 5.95. The van der Waals surface area contributed by atoms with E-state index in [1.54, 1.807) is 4.68 Å². The zero-order valence-corrected chi connectivity index (χ0v) is 13.2. The quantitative estimate of drug-likeness (QED) is 0.781. The van der Waals surface area contributed by atoms with Gasteiger partial charge >= 0.3 is 0 Å². The van der Waals surface area contributed by atoms with Gasteiger partial charge in [-0.3, -0.25) is 0 Å². The fraction of sp³-hybridized carbons (Fsp3) is 0.118. The highest BCUT2D eigenvalue weighted by Gasteiger charge is 2.24. The van der Waals surface area contributed by atoms with Crippen molar-refractivity contribution in [1.29, 1.82) is 0 Å². The van der Waals surface area contributed by atoms with Crippen molar-refractivity contribution >= 4 is 23.2 Å². The Morgan fingerprint density at radius 2 is 1.78 bits per heavy atom. The summed E-state index contributed by atoms with van der Waals surface area (Å²) in [4.78, 5) is 0. The molecular formula is C17H14ClN5. The molecule has 0 unspecified atom stereocenters. The summed E-state index contributed by atoms with van der Waals surface area (Å²) >= 11 is 5.99. The van der Waals surface area contributed by atoms with Crippen LogP contribution < -0.4 is 5.32 Å². The maximum atomic E-state index is 5.99. The van der Waals surface area contributed by atoms with Crippen LogP contribution in [0.15, 0.2) is 54.6 Å². The number of fused-ring (bicyclic) bond motifs is 1. The van der Waals surface area contributed by atoms with Gasteiger partial charge in [0.25, 0.3) is 0 Å². The van der Waals surface area contributed by atoms with Gasteiger partial charge in [-0.1, -0.05) is 58.7 Å². The first-order valence-corrected chi connectivity index (χ1v) is 7.68. The van der Waals surface area contributed by atoms with Crippen LogP contribution in [0.1, 0.15) is 22.7 Å². The summed E-state index contributed by atoms with van der Waals surface area (Å²) in [5.74, 6) is 0.628. The zero-order chi connectivity index (χ0) is 15.8. The molecule has 0 saturated carbocycles. The molecule has 1 aliphatic rings. The molecule has 5 nitrogen and oxygen atoms in total. The Morgan fingerprint density at radius 3 is 2.52 bits per heavy atom. The topological polar surface area (TPSA) is 55.6 Å². The summed E-state index contributed by atoms with van der Waals surface area (Å²) in [6, 6.07) is 16.0. The van der Waals surface area contributed by atoms with Gasteiger partial charge in [0.05, 0.1) is 0 Å². The molecule has 0 spiro atoms. The van der Waals surface area contributed by atoms with Crippen LogP contribution in [0.2, 0.25) is 5.02 Å². The van der Waals surface area contributed by atoms with Crippen LogP contribution in [0.3, 0.4) is 0 Å². The standard InChI is InChI=1S/C17H14ClN5/c1-11-2-4-12(5-3-11)15-10-16(13-6-8-14(18)9-7-13)23-17(19-15)20-21-22-23/h2-10,16H,1H3,(H,19,20,22)/t16-/m0/s1. The van der Waals surface area contributed by atoms with E-state index in [-0.39, 0.29) is 6.04 Å². The van der Waals surface area contributed by atoms with E-state index in [1.165, 1.54) is 5.56 Å². The number of hydrogen-bond acceptors (Lipinski definition) is 4. The normalized spacial score (nSPS) is 16.4. The van der Waals surface area contributed by atoms with Gasteiger partial charge < -0.3 is 5.32 Å². The Hall–Kier alpha value is -2.66. The van der Waals surface area contributed by atoms with Gasteiger partial charge in [-0.2, -0.15) is 4.68 Å². The number of hydrogen-bond donors (Lipinski definition) is 1. The summed E-state index contributed by atoms with van der Waals surface area (Å²) in [5, 5.41) is 15.9. The average Bonchev–Trinajstić information content (AvgIpc) is 3.04. The number of allylic oxidation sites excluding steroid dienone is 1. The molecule has 114 valence electrons. The molecule has 0 radical (unpaired) electrons. The highest BCUT2D eigenvalue weighted by atomic mass is 35.5. The number of anilines is 1. The molecule has 0 saturated heterocycles. The van der Waals surface area contributed by atoms with Crippen LogP contribution in [-0.2, 0) is 0 Å². The maximum absolute atomic E-state index is 5.99. The number of halogens is 1. The fourth-order valence-corrected chi connectivity index (χ4v) is 2.78. The first-order valence-electron chi connectivity index (χ1n) is 7.30. The molecule has 6 heteroatoms. The fourth-order valence-electron chi connectivity index (χ4n) is 2.65. The molecule has 0 amide bonds. The van der Waals surface area contributed by atoms with E-state index in [1.807, 2.05) is 24.3 Å². The molecule has 2 aromatic carbocycles. The molecule has 23 heavy (non-hydrogen) atoms. The Labute approximate surface area is 138 Å². The molecule has 4 rings (SSSR count). The molecule has 1 aliphatic heterocycles. The number of benzene rings is 2. The first-order chi connectivity index (χ1) is 11.2. The Kier molecular flexibility index (Phi) is 3.35. The third-order valence-electron chi connectivity index (χ3n) is 3.90. The minimum absolute atomic E-state index is 0.0742. The van der Waals surface area contributed by atoms with Gasteiger partial charge in [0.15, 0.2) is 0 Å². The maximum Gasteiger partial charge on any atom is 0.248 e. The van der Waals surface area contributed by atoms with Gasteiger partial charge in [0, 0.05) is 10.7 Å². The summed E-state index contributed by atoms with van der Waals surface area (Å²) in [7, 11) is 0. The van der Waals surface area contributed by atoms with Crippen LogP contribution in [0, 0.1) is 6.92 Å². The lowest BCUT2D eigenvalue weighted by atomic mass is 10.0. The van der Waals surface area contributed by atoms with E-state index in [4.69, 9.17) is 11.6 Å². The molecule has 1 atom stereocenters.